The van der Waals surface area contributed by atoms with Crippen LogP contribution < -0.4 is 5.32 Å². The lowest BCUT2D eigenvalue weighted by Gasteiger charge is -2.13. The number of nitrogens with one attached hydrogen (secondary N) is 2. The van der Waals surface area contributed by atoms with E-state index in [2.05, 4.69) is 25.6 Å². The molecule has 114 valence electrons. The molecule has 0 spiro atoms. The molecule has 2 aromatic heterocycles. The number of hydrogen-bond donors (Lipinski definition) is 2. The number of carbonyl (C=O) groups is 1. The Hall–Kier alpha value is -1.83. The summed E-state index contributed by atoms with van der Waals surface area (Å²) in [7, 11) is 0. The first-order chi connectivity index (χ1) is 10.2. The SMILES string of the molecule is CCc1nc(SCC(=O)NC(C)CCn2cccn2)n[nH]1. The molecule has 0 radical (unpaired) electrons. The van der Waals surface area contributed by atoms with Crippen LogP contribution in [0.15, 0.2) is 23.6 Å². The topological polar surface area (TPSA) is 88.5 Å². The molecule has 0 aromatic carbocycles. The van der Waals surface area contributed by atoms with Gasteiger partial charge in [0.1, 0.15) is 5.82 Å². The van der Waals surface area contributed by atoms with Crippen LogP contribution in [0.2, 0.25) is 0 Å². The van der Waals surface area contributed by atoms with Gasteiger partial charge in [-0.25, -0.2) is 4.98 Å². The quantitative estimate of drug-likeness (QED) is 0.717. The maximum Gasteiger partial charge on any atom is 0.230 e. The Morgan fingerprint density at radius 3 is 3.10 bits per heavy atom. The Balaban J connectivity index is 1.66. The van der Waals surface area contributed by atoms with Gasteiger partial charge in [0.25, 0.3) is 0 Å². The number of hydrogen-bond acceptors (Lipinski definition) is 5. The Morgan fingerprint density at radius 1 is 1.57 bits per heavy atom. The Bertz CT molecular complexity index is 553. The summed E-state index contributed by atoms with van der Waals surface area (Å²) in [6.45, 7) is 4.79. The van der Waals surface area contributed by atoms with Crippen LogP contribution in [-0.2, 0) is 17.8 Å². The second kappa shape index (κ2) is 7.82. The number of nitrogens with zero attached hydrogens (tertiary/aromatic N) is 4. The lowest BCUT2D eigenvalue weighted by Crippen LogP contribution is -2.34. The minimum Gasteiger partial charge on any atom is -0.353 e. The molecular formula is C13H20N6OS. The van der Waals surface area contributed by atoms with E-state index in [0.717, 1.165) is 25.2 Å². The molecule has 0 fully saturated rings. The van der Waals surface area contributed by atoms with Crippen LogP contribution in [0, 0.1) is 0 Å². The molecule has 1 amide bonds. The Labute approximate surface area is 127 Å². The van der Waals surface area contributed by atoms with E-state index in [4.69, 9.17) is 0 Å². The van der Waals surface area contributed by atoms with Crippen molar-refractivity contribution in [1.29, 1.82) is 0 Å². The molecule has 0 aliphatic heterocycles. The van der Waals surface area contributed by atoms with Gasteiger partial charge in [-0.3, -0.25) is 14.6 Å². The smallest absolute Gasteiger partial charge is 0.230 e. The predicted octanol–water partition coefficient (Wildman–Crippen LogP) is 1.25. The van der Waals surface area contributed by atoms with E-state index in [-0.39, 0.29) is 11.9 Å². The minimum atomic E-state index is -0.00388. The molecular weight excluding hydrogens is 288 g/mol. The molecule has 0 saturated carbocycles. The molecule has 0 bridgehead atoms. The Morgan fingerprint density at radius 2 is 2.43 bits per heavy atom. The monoisotopic (exact) mass is 308 g/mol. The number of carbonyl (C=O) groups excluding carboxylic acids is 1. The van der Waals surface area contributed by atoms with Crippen LogP contribution in [0.1, 0.15) is 26.1 Å². The van der Waals surface area contributed by atoms with Crippen molar-refractivity contribution in [3.8, 4) is 0 Å². The predicted molar refractivity (Wildman–Crippen MR) is 80.9 cm³/mol. The maximum absolute atomic E-state index is 11.8. The van der Waals surface area contributed by atoms with Crippen LogP contribution in [0.5, 0.6) is 0 Å². The normalized spacial score (nSPS) is 12.3. The highest BCUT2D eigenvalue weighted by Crippen LogP contribution is 2.12. The third-order valence-electron chi connectivity index (χ3n) is 2.94. The molecule has 0 aliphatic carbocycles. The van der Waals surface area contributed by atoms with E-state index in [1.54, 1.807) is 6.20 Å². The average molecular weight is 308 g/mol. The molecule has 2 rings (SSSR count). The molecule has 2 aromatic rings. The van der Waals surface area contributed by atoms with Gasteiger partial charge in [0.15, 0.2) is 0 Å². The first-order valence-electron chi connectivity index (χ1n) is 6.98. The third kappa shape index (κ3) is 5.22. The van der Waals surface area contributed by atoms with E-state index in [0.29, 0.717) is 10.9 Å². The summed E-state index contributed by atoms with van der Waals surface area (Å²) in [5.74, 6) is 1.16. The van der Waals surface area contributed by atoms with Crippen molar-refractivity contribution in [2.75, 3.05) is 5.75 Å². The fraction of sp³-hybridized carbons (Fsp3) is 0.538. The van der Waals surface area contributed by atoms with Crippen LogP contribution in [-0.4, -0.2) is 42.7 Å². The molecule has 0 aliphatic rings. The van der Waals surface area contributed by atoms with E-state index >= 15 is 0 Å². The lowest BCUT2D eigenvalue weighted by molar-refractivity contribution is -0.119. The van der Waals surface area contributed by atoms with Crippen LogP contribution in [0.4, 0.5) is 0 Å². The highest BCUT2D eigenvalue weighted by Gasteiger charge is 2.10. The lowest BCUT2D eigenvalue weighted by atomic mass is 10.2. The minimum absolute atomic E-state index is 0.00388. The highest BCUT2D eigenvalue weighted by molar-refractivity contribution is 7.99. The van der Waals surface area contributed by atoms with Crippen LogP contribution in [0.3, 0.4) is 0 Å². The van der Waals surface area contributed by atoms with E-state index in [1.807, 2.05) is 30.8 Å². The van der Waals surface area contributed by atoms with Gasteiger partial charge in [0.2, 0.25) is 11.1 Å². The molecule has 1 unspecified atom stereocenters. The second-order valence-electron chi connectivity index (χ2n) is 4.73. The number of H-pyrrole nitrogens is 1. The standard InChI is InChI=1S/C13H20N6OS/c1-3-11-16-13(18-17-11)21-9-12(20)15-10(2)5-8-19-7-4-6-14-19/h4,6-7,10H,3,5,8-9H2,1-2H3,(H,15,20)(H,16,17,18). The van der Waals surface area contributed by atoms with Crippen molar-refractivity contribution in [3.63, 3.8) is 0 Å². The summed E-state index contributed by atoms with van der Waals surface area (Å²) in [6, 6.07) is 2.00. The second-order valence-corrected chi connectivity index (χ2v) is 5.68. The zero-order valence-electron chi connectivity index (χ0n) is 12.2. The van der Waals surface area contributed by atoms with E-state index in [1.165, 1.54) is 11.8 Å². The first-order valence-corrected chi connectivity index (χ1v) is 7.96. The maximum atomic E-state index is 11.8. The summed E-state index contributed by atoms with van der Waals surface area (Å²) in [5, 5.41) is 14.6. The van der Waals surface area contributed by atoms with Gasteiger partial charge in [-0.05, 0) is 19.4 Å². The van der Waals surface area contributed by atoms with Crippen molar-refractivity contribution >= 4 is 17.7 Å². The molecule has 7 nitrogen and oxygen atoms in total. The molecule has 0 saturated heterocycles. The summed E-state index contributed by atoms with van der Waals surface area (Å²) in [5.41, 5.74) is 0. The number of aryl methyl sites for hydroxylation is 2. The van der Waals surface area contributed by atoms with Gasteiger partial charge >= 0.3 is 0 Å². The number of amides is 1. The number of rotatable bonds is 8. The first kappa shape index (κ1) is 15.6. The van der Waals surface area contributed by atoms with Crippen molar-refractivity contribution in [2.24, 2.45) is 0 Å². The number of thioether (sulfide) groups is 1. The zero-order valence-corrected chi connectivity index (χ0v) is 13.1. The van der Waals surface area contributed by atoms with E-state index < -0.39 is 0 Å². The highest BCUT2D eigenvalue weighted by atomic mass is 32.2. The Kier molecular flexibility index (Phi) is 5.79. The molecule has 21 heavy (non-hydrogen) atoms. The summed E-state index contributed by atoms with van der Waals surface area (Å²) < 4.78 is 1.86. The van der Waals surface area contributed by atoms with E-state index in [9.17, 15) is 4.79 Å². The molecule has 2 heterocycles. The largest absolute Gasteiger partial charge is 0.353 e. The van der Waals surface area contributed by atoms with Gasteiger partial charge in [-0.2, -0.15) is 5.10 Å². The summed E-state index contributed by atoms with van der Waals surface area (Å²) in [4.78, 5) is 16.1. The number of aromatic nitrogens is 5. The van der Waals surface area contributed by atoms with Crippen molar-refractivity contribution in [2.45, 2.75) is 44.4 Å². The number of aromatic amines is 1. The van der Waals surface area contributed by atoms with Crippen molar-refractivity contribution < 1.29 is 4.79 Å². The van der Waals surface area contributed by atoms with Gasteiger partial charge in [0, 0.05) is 31.4 Å². The fourth-order valence-electron chi connectivity index (χ4n) is 1.78. The third-order valence-corrected chi connectivity index (χ3v) is 3.78. The average Bonchev–Trinajstić information content (AvgIpc) is 3.14. The molecule has 8 heteroatoms. The van der Waals surface area contributed by atoms with Crippen molar-refractivity contribution in [1.82, 2.24) is 30.3 Å². The zero-order chi connectivity index (χ0) is 15.1. The van der Waals surface area contributed by atoms with Gasteiger partial charge in [-0.15, -0.1) is 5.10 Å². The molecule has 1 atom stereocenters. The molecule has 2 N–H and O–H groups in total. The summed E-state index contributed by atoms with van der Waals surface area (Å²) in [6.07, 6.45) is 5.32. The van der Waals surface area contributed by atoms with Crippen LogP contribution in [0.25, 0.3) is 0 Å². The van der Waals surface area contributed by atoms with Crippen LogP contribution >= 0.6 is 11.8 Å². The van der Waals surface area contributed by atoms with Gasteiger partial charge in [-0.1, -0.05) is 18.7 Å². The fourth-order valence-corrected chi connectivity index (χ4v) is 2.41. The van der Waals surface area contributed by atoms with Gasteiger partial charge < -0.3 is 5.32 Å². The van der Waals surface area contributed by atoms with Gasteiger partial charge in [0.05, 0.1) is 5.75 Å². The summed E-state index contributed by atoms with van der Waals surface area (Å²) >= 11 is 1.34. The van der Waals surface area contributed by atoms with Crippen molar-refractivity contribution in [3.05, 3.63) is 24.3 Å².